The highest BCUT2D eigenvalue weighted by atomic mass is 16.3. The van der Waals surface area contributed by atoms with Gasteiger partial charge in [0.15, 0.2) is 0 Å². The maximum Gasteiger partial charge on any atom is 0.0974 e. The van der Waals surface area contributed by atoms with E-state index >= 15 is 0 Å². The molecule has 0 aromatic carbocycles. The van der Waals surface area contributed by atoms with Crippen LogP contribution in [0.5, 0.6) is 0 Å². The summed E-state index contributed by atoms with van der Waals surface area (Å²) in [6.45, 7) is 0. The summed E-state index contributed by atoms with van der Waals surface area (Å²) < 4.78 is 9.82. The monoisotopic (exact) mass is 160 g/mol. The fourth-order valence-electron chi connectivity index (χ4n) is 0.932. The molecule has 0 bridgehead atoms. The highest BCUT2D eigenvalue weighted by Crippen LogP contribution is 2.08. The van der Waals surface area contributed by atoms with E-state index in [1.807, 2.05) is 24.3 Å². The van der Waals surface area contributed by atoms with E-state index in [-0.39, 0.29) is 0 Å². The highest BCUT2D eigenvalue weighted by Gasteiger charge is 1.88. The van der Waals surface area contributed by atoms with Crippen LogP contribution >= 0.6 is 0 Å². The molecule has 0 aliphatic heterocycles. The summed E-state index contributed by atoms with van der Waals surface area (Å²) in [6, 6.07) is 3.80. The molecular weight excluding hydrogens is 152 g/mol. The molecule has 0 fully saturated rings. The molecule has 0 radical (unpaired) electrons. The minimum absolute atomic E-state index is 1.05. The lowest BCUT2D eigenvalue weighted by atomic mass is 10.2. The first-order valence-corrected chi connectivity index (χ1v) is 3.67. The first-order chi connectivity index (χ1) is 5.95. The number of hydrogen-bond acceptors (Lipinski definition) is 2. The van der Waals surface area contributed by atoms with Gasteiger partial charge in [0.25, 0.3) is 0 Å². The Bertz CT molecular complexity index is 305. The molecule has 2 rings (SSSR count). The van der Waals surface area contributed by atoms with Gasteiger partial charge in [0.05, 0.1) is 25.1 Å². The Morgan fingerprint density at radius 1 is 0.833 bits per heavy atom. The van der Waals surface area contributed by atoms with E-state index in [9.17, 15) is 0 Å². The second-order valence-electron chi connectivity index (χ2n) is 2.45. The summed E-state index contributed by atoms with van der Waals surface area (Å²) in [5, 5.41) is 0. The number of hydrogen-bond donors (Lipinski definition) is 0. The maximum absolute atomic E-state index is 4.91. The summed E-state index contributed by atoms with van der Waals surface area (Å²) in [6.07, 6.45) is 10.6. The van der Waals surface area contributed by atoms with E-state index in [1.165, 1.54) is 0 Å². The molecular formula is C10H8O2. The van der Waals surface area contributed by atoms with Crippen LogP contribution in [0.3, 0.4) is 0 Å². The predicted molar refractivity (Wildman–Crippen MR) is 46.3 cm³/mol. The van der Waals surface area contributed by atoms with E-state index < -0.39 is 0 Å². The molecule has 0 amide bonds. The third-order valence-electron chi connectivity index (χ3n) is 1.55. The van der Waals surface area contributed by atoms with Crippen molar-refractivity contribution in [2.45, 2.75) is 0 Å². The Kier molecular flexibility index (Phi) is 1.82. The normalized spacial score (nSPS) is 11.0. The van der Waals surface area contributed by atoms with E-state index in [0.29, 0.717) is 0 Å². The fraction of sp³-hybridized carbons (Fsp3) is 0. The van der Waals surface area contributed by atoms with Crippen LogP contribution in [0.25, 0.3) is 12.2 Å². The summed E-state index contributed by atoms with van der Waals surface area (Å²) >= 11 is 0. The smallest absolute Gasteiger partial charge is 0.0974 e. The summed E-state index contributed by atoms with van der Waals surface area (Å²) in [5.41, 5.74) is 2.10. The van der Waals surface area contributed by atoms with Crippen LogP contribution in [-0.4, -0.2) is 0 Å². The molecule has 0 saturated heterocycles. The molecule has 2 heteroatoms. The second-order valence-corrected chi connectivity index (χ2v) is 2.45. The average molecular weight is 160 g/mol. The lowest BCUT2D eigenvalue weighted by Crippen LogP contribution is -1.61. The molecule has 0 unspecified atom stereocenters. The minimum Gasteiger partial charge on any atom is -0.472 e. The van der Waals surface area contributed by atoms with Gasteiger partial charge in [-0.05, 0) is 12.1 Å². The lowest BCUT2D eigenvalue weighted by Gasteiger charge is -1.80. The van der Waals surface area contributed by atoms with Gasteiger partial charge in [-0.15, -0.1) is 0 Å². The van der Waals surface area contributed by atoms with Crippen molar-refractivity contribution >= 4 is 12.2 Å². The molecule has 2 aromatic rings. The SMILES string of the molecule is C(=Cc1ccoc1)c1ccoc1. The zero-order valence-electron chi connectivity index (χ0n) is 6.44. The van der Waals surface area contributed by atoms with Crippen LogP contribution in [0, 0.1) is 0 Å². The molecule has 60 valence electrons. The van der Waals surface area contributed by atoms with Gasteiger partial charge >= 0.3 is 0 Å². The predicted octanol–water partition coefficient (Wildman–Crippen LogP) is 3.04. The first-order valence-electron chi connectivity index (χ1n) is 3.67. The van der Waals surface area contributed by atoms with Gasteiger partial charge in [-0.2, -0.15) is 0 Å². The Morgan fingerprint density at radius 3 is 1.67 bits per heavy atom. The summed E-state index contributed by atoms with van der Waals surface area (Å²) in [7, 11) is 0. The average Bonchev–Trinajstić information content (AvgIpc) is 2.74. The highest BCUT2D eigenvalue weighted by molar-refractivity contribution is 5.68. The third-order valence-corrected chi connectivity index (χ3v) is 1.55. The Labute approximate surface area is 70.1 Å². The Hall–Kier alpha value is -1.70. The van der Waals surface area contributed by atoms with Gasteiger partial charge in [-0.1, -0.05) is 12.2 Å². The molecule has 0 spiro atoms. The third kappa shape index (κ3) is 1.48. The van der Waals surface area contributed by atoms with Gasteiger partial charge < -0.3 is 8.83 Å². The summed E-state index contributed by atoms with van der Waals surface area (Å²) in [5.74, 6) is 0. The van der Waals surface area contributed by atoms with Crippen molar-refractivity contribution in [3.63, 3.8) is 0 Å². The lowest BCUT2D eigenvalue weighted by molar-refractivity contribution is 0.566. The largest absolute Gasteiger partial charge is 0.472 e. The molecule has 0 atom stereocenters. The molecule has 2 aromatic heterocycles. The fourth-order valence-corrected chi connectivity index (χ4v) is 0.932. The summed E-state index contributed by atoms with van der Waals surface area (Å²) in [4.78, 5) is 0. The molecule has 0 aliphatic carbocycles. The molecule has 2 nitrogen and oxygen atoms in total. The van der Waals surface area contributed by atoms with Crippen molar-refractivity contribution in [3.8, 4) is 0 Å². The van der Waals surface area contributed by atoms with Crippen molar-refractivity contribution in [1.82, 2.24) is 0 Å². The Morgan fingerprint density at radius 2 is 1.33 bits per heavy atom. The zero-order chi connectivity index (χ0) is 8.23. The van der Waals surface area contributed by atoms with Crippen LogP contribution in [0.2, 0.25) is 0 Å². The van der Waals surface area contributed by atoms with Crippen LogP contribution in [0.15, 0.2) is 46.0 Å². The molecule has 2 heterocycles. The molecule has 0 saturated carbocycles. The molecule has 0 N–H and O–H groups in total. The van der Waals surface area contributed by atoms with Crippen molar-refractivity contribution in [3.05, 3.63) is 48.3 Å². The van der Waals surface area contributed by atoms with Gasteiger partial charge in [0.2, 0.25) is 0 Å². The van der Waals surface area contributed by atoms with Gasteiger partial charge in [0.1, 0.15) is 0 Å². The van der Waals surface area contributed by atoms with Crippen LogP contribution in [0.4, 0.5) is 0 Å². The maximum atomic E-state index is 4.91. The standard InChI is InChI=1S/C10H8O2/c1(9-3-5-11-7-9)2-10-4-6-12-8-10/h1-8H. The quantitative estimate of drug-likeness (QED) is 0.674. The van der Waals surface area contributed by atoms with Crippen molar-refractivity contribution < 1.29 is 8.83 Å². The number of rotatable bonds is 2. The van der Waals surface area contributed by atoms with Gasteiger partial charge in [-0.3, -0.25) is 0 Å². The van der Waals surface area contributed by atoms with Crippen molar-refractivity contribution in [2.24, 2.45) is 0 Å². The minimum atomic E-state index is 1.05. The van der Waals surface area contributed by atoms with Crippen molar-refractivity contribution in [1.29, 1.82) is 0 Å². The zero-order valence-corrected chi connectivity index (χ0v) is 6.44. The van der Waals surface area contributed by atoms with Crippen LogP contribution in [0.1, 0.15) is 11.1 Å². The topological polar surface area (TPSA) is 26.3 Å². The van der Waals surface area contributed by atoms with E-state index in [2.05, 4.69) is 0 Å². The van der Waals surface area contributed by atoms with Crippen LogP contribution in [-0.2, 0) is 0 Å². The van der Waals surface area contributed by atoms with Gasteiger partial charge in [0, 0.05) is 11.1 Å². The van der Waals surface area contributed by atoms with E-state index in [0.717, 1.165) is 11.1 Å². The second kappa shape index (κ2) is 3.13. The number of furan rings is 2. The Balaban J connectivity index is 2.14. The van der Waals surface area contributed by atoms with Crippen LogP contribution < -0.4 is 0 Å². The first kappa shape index (κ1) is 6.98. The van der Waals surface area contributed by atoms with Crippen molar-refractivity contribution in [2.75, 3.05) is 0 Å². The van der Waals surface area contributed by atoms with E-state index in [4.69, 9.17) is 8.83 Å². The van der Waals surface area contributed by atoms with Gasteiger partial charge in [-0.25, -0.2) is 0 Å². The molecule has 0 aliphatic rings. The van der Waals surface area contributed by atoms with E-state index in [1.54, 1.807) is 25.1 Å². The molecule has 12 heavy (non-hydrogen) atoms.